The molecule has 1 unspecified atom stereocenters. The maximum absolute atomic E-state index is 13.8. The monoisotopic (exact) mass is 321 g/mol. The van der Waals surface area contributed by atoms with Crippen LogP contribution in [0.3, 0.4) is 0 Å². The van der Waals surface area contributed by atoms with Crippen LogP contribution < -0.4 is 5.32 Å². The van der Waals surface area contributed by atoms with Gasteiger partial charge in [0.05, 0.1) is 12.5 Å². The predicted molar refractivity (Wildman–Crippen MR) is 86.2 cm³/mol. The number of carbonyl (C=O) groups is 2. The lowest BCUT2D eigenvalue weighted by Crippen LogP contribution is -2.56. The van der Waals surface area contributed by atoms with E-state index in [2.05, 4.69) is 5.32 Å². The summed E-state index contributed by atoms with van der Waals surface area (Å²) < 4.78 is 13.8. The highest BCUT2D eigenvalue weighted by Gasteiger charge is 2.31. The van der Waals surface area contributed by atoms with Crippen molar-refractivity contribution < 1.29 is 14.0 Å². The van der Waals surface area contributed by atoms with Gasteiger partial charge in [0.15, 0.2) is 0 Å². The number of hydrogen-bond acceptors (Lipinski definition) is 3. The fourth-order valence-electron chi connectivity index (χ4n) is 2.82. The van der Waals surface area contributed by atoms with Gasteiger partial charge >= 0.3 is 0 Å². The Labute approximate surface area is 136 Å². The number of amides is 2. The molecular formula is C17H24FN3O2. The Bertz CT molecular complexity index is 561. The fourth-order valence-corrected chi connectivity index (χ4v) is 2.82. The first kappa shape index (κ1) is 17.4. The summed E-state index contributed by atoms with van der Waals surface area (Å²) in [6.07, 6.45) is 0.147. The second-order valence-corrected chi connectivity index (χ2v) is 5.63. The molecule has 1 aromatic rings. The van der Waals surface area contributed by atoms with Gasteiger partial charge in [-0.3, -0.25) is 9.59 Å². The van der Waals surface area contributed by atoms with Gasteiger partial charge in [0.2, 0.25) is 11.8 Å². The van der Waals surface area contributed by atoms with Crippen LogP contribution in [0, 0.1) is 5.82 Å². The zero-order valence-electron chi connectivity index (χ0n) is 13.7. The number of hydrogen-bond donors (Lipinski definition) is 1. The van der Waals surface area contributed by atoms with Crippen molar-refractivity contribution in [2.45, 2.75) is 32.9 Å². The van der Waals surface area contributed by atoms with Crippen LogP contribution in [-0.4, -0.2) is 53.8 Å². The van der Waals surface area contributed by atoms with Gasteiger partial charge in [0, 0.05) is 38.3 Å². The SMILES string of the molecule is CCN(CC)C(=O)CC1NCCN(Cc2ccccc2F)C1=O. The largest absolute Gasteiger partial charge is 0.343 e. The lowest BCUT2D eigenvalue weighted by molar-refractivity contribution is -0.141. The number of piperazine rings is 1. The molecule has 1 heterocycles. The molecule has 1 fully saturated rings. The molecule has 1 aromatic carbocycles. The van der Waals surface area contributed by atoms with Crippen LogP contribution in [0.5, 0.6) is 0 Å². The van der Waals surface area contributed by atoms with Gasteiger partial charge in [0.1, 0.15) is 5.82 Å². The van der Waals surface area contributed by atoms with E-state index < -0.39 is 6.04 Å². The van der Waals surface area contributed by atoms with Gasteiger partial charge in [0.25, 0.3) is 0 Å². The molecule has 0 radical (unpaired) electrons. The number of carbonyl (C=O) groups excluding carboxylic acids is 2. The topological polar surface area (TPSA) is 52.7 Å². The maximum atomic E-state index is 13.8. The summed E-state index contributed by atoms with van der Waals surface area (Å²) in [5.74, 6) is -0.483. The average molecular weight is 321 g/mol. The van der Waals surface area contributed by atoms with Crippen molar-refractivity contribution in [3.05, 3.63) is 35.6 Å². The van der Waals surface area contributed by atoms with E-state index in [0.717, 1.165) is 0 Å². The van der Waals surface area contributed by atoms with Crippen molar-refractivity contribution in [2.75, 3.05) is 26.2 Å². The van der Waals surface area contributed by atoms with E-state index in [1.165, 1.54) is 6.07 Å². The minimum Gasteiger partial charge on any atom is -0.343 e. The molecule has 6 heteroatoms. The predicted octanol–water partition coefficient (Wildman–Crippen LogP) is 1.38. The number of nitrogens with zero attached hydrogens (tertiary/aromatic N) is 2. The summed E-state index contributed by atoms with van der Waals surface area (Å²) in [5, 5.41) is 3.10. The Morgan fingerprint density at radius 1 is 1.35 bits per heavy atom. The lowest BCUT2D eigenvalue weighted by Gasteiger charge is -2.34. The molecule has 0 saturated carbocycles. The van der Waals surface area contributed by atoms with Crippen LogP contribution in [0.25, 0.3) is 0 Å². The lowest BCUT2D eigenvalue weighted by atomic mass is 10.1. The normalized spacial score (nSPS) is 18.1. The third-order valence-electron chi connectivity index (χ3n) is 4.20. The molecule has 1 atom stereocenters. The summed E-state index contributed by atoms with van der Waals surface area (Å²) >= 11 is 0. The van der Waals surface area contributed by atoms with E-state index in [1.54, 1.807) is 28.0 Å². The quantitative estimate of drug-likeness (QED) is 0.861. The standard InChI is InChI=1S/C17H24FN3O2/c1-3-20(4-2)16(22)11-15-17(23)21(10-9-19-15)12-13-7-5-6-8-14(13)18/h5-8,15,19H,3-4,9-12H2,1-2H3. The molecule has 0 spiro atoms. The number of benzene rings is 1. The number of rotatable bonds is 6. The van der Waals surface area contributed by atoms with E-state index in [4.69, 9.17) is 0 Å². The Kier molecular flexibility index (Phi) is 6.10. The molecule has 0 bridgehead atoms. The first-order valence-electron chi connectivity index (χ1n) is 8.10. The van der Waals surface area contributed by atoms with E-state index in [0.29, 0.717) is 31.7 Å². The highest BCUT2D eigenvalue weighted by molar-refractivity contribution is 5.89. The minimum atomic E-state index is -0.524. The summed E-state index contributed by atoms with van der Waals surface area (Å²) in [7, 11) is 0. The Balaban J connectivity index is 2.01. The van der Waals surface area contributed by atoms with Gasteiger partial charge < -0.3 is 15.1 Å². The molecule has 1 aliphatic heterocycles. The second kappa shape index (κ2) is 8.06. The Morgan fingerprint density at radius 3 is 2.70 bits per heavy atom. The third kappa shape index (κ3) is 4.28. The molecule has 2 amide bonds. The Hall–Kier alpha value is -1.95. The van der Waals surface area contributed by atoms with Crippen molar-refractivity contribution in [1.29, 1.82) is 0 Å². The molecule has 0 aliphatic carbocycles. The van der Waals surface area contributed by atoms with Gasteiger partial charge in [-0.2, -0.15) is 0 Å². The zero-order chi connectivity index (χ0) is 16.8. The highest BCUT2D eigenvalue weighted by atomic mass is 19.1. The van der Waals surface area contributed by atoms with Crippen LogP contribution in [0.4, 0.5) is 4.39 Å². The smallest absolute Gasteiger partial charge is 0.240 e. The van der Waals surface area contributed by atoms with Gasteiger partial charge in [-0.15, -0.1) is 0 Å². The second-order valence-electron chi connectivity index (χ2n) is 5.63. The van der Waals surface area contributed by atoms with E-state index in [-0.39, 0.29) is 30.6 Å². The first-order chi connectivity index (χ1) is 11.1. The molecule has 0 aromatic heterocycles. The van der Waals surface area contributed by atoms with Gasteiger partial charge in [-0.1, -0.05) is 18.2 Å². The summed E-state index contributed by atoms with van der Waals surface area (Å²) in [5.41, 5.74) is 0.497. The van der Waals surface area contributed by atoms with Gasteiger partial charge in [-0.05, 0) is 19.9 Å². The van der Waals surface area contributed by atoms with Crippen molar-refractivity contribution in [2.24, 2.45) is 0 Å². The molecule has 1 aliphatic rings. The minimum absolute atomic E-state index is 0.0337. The van der Waals surface area contributed by atoms with E-state index >= 15 is 0 Å². The van der Waals surface area contributed by atoms with Crippen LogP contribution in [0.15, 0.2) is 24.3 Å². The van der Waals surface area contributed by atoms with Crippen LogP contribution in [0.1, 0.15) is 25.8 Å². The highest BCUT2D eigenvalue weighted by Crippen LogP contribution is 2.14. The summed E-state index contributed by atoms with van der Waals surface area (Å²) in [4.78, 5) is 28.1. The Morgan fingerprint density at radius 2 is 2.04 bits per heavy atom. The zero-order valence-corrected chi connectivity index (χ0v) is 13.7. The van der Waals surface area contributed by atoms with Crippen molar-refractivity contribution in [3.63, 3.8) is 0 Å². The molecule has 2 rings (SSSR count). The summed E-state index contributed by atoms with van der Waals surface area (Å²) in [6.45, 7) is 6.47. The maximum Gasteiger partial charge on any atom is 0.240 e. The summed E-state index contributed by atoms with van der Waals surface area (Å²) in [6, 6.07) is 5.93. The third-order valence-corrected chi connectivity index (χ3v) is 4.20. The molecular weight excluding hydrogens is 297 g/mol. The van der Waals surface area contributed by atoms with E-state index in [1.807, 2.05) is 13.8 Å². The van der Waals surface area contributed by atoms with Crippen LogP contribution in [-0.2, 0) is 16.1 Å². The number of nitrogens with one attached hydrogen (secondary N) is 1. The molecule has 23 heavy (non-hydrogen) atoms. The van der Waals surface area contributed by atoms with Gasteiger partial charge in [-0.25, -0.2) is 4.39 Å². The number of halogens is 1. The van der Waals surface area contributed by atoms with Crippen molar-refractivity contribution in [1.82, 2.24) is 15.1 Å². The fraction of sp³-hybridized carbons (Fsp3) is 0.529. The molecule has 5 nitrogen and oxygen atoms in total. The van der Waals surface area contributed by atoms with Crippen LogP contribution >= 0.6 is 0 Å². The average Bonchev–Trinajstić information content (AvgIpc) is 2.54. The van der Waals surface area contributed by atoms with Crippen molar-refractivity contribution >= 4 is 11.8 Å². The van der Waals surface area contributed by atoms with Crippen LogP contribution in [0.2, 0.25) is 0 Å². The van der Waals surface area contributed by atoms with Crippen molar-refractivity contribution in [3.8, 4) is 0 Å². The first-order valence-corrected chi connectivity index (χ1v) is 8.10. The molecule has 1 saturated heterocycles. The molecule has 1 N–H and O–H groups in total. The molecule has 126 valence electrons. The van der Waals surface area contributed by atoms with E-state index in [9.17, 15) is 14.0 Å².